The first-order valence-corrected chi connectivity index (χ1v) is 6.73. The summed E-state index contributed by atoms with van der Waals surface area (Å²) in [5, 5.41) is 11.8. The van der Waals surface area contributed by atoms with Crippen LogP contribution in [0.2, 0.25) is 0 Å². The Bertz CT molecular complexity index is 285. The number of nitrogens with zero attached hydrogens (tertiary/aromatic N) is 2. The summed E-state index contributed by atoms with van der Waals surface area (Å²) in [7, 11) is 1.67. The summed E-state index contributed by atoms with van der Waals surface area (Å²) >= 11 is 4.76. The van der Waals surface area contributed by atoms with Gasteiger partial charge in [-0.3, -0.25) is 0 Å². The Morgan fingerprint density at radius 3 is 2.81 bits per heavy atom. The second-order valence-electron chi connectivity index (χ2n) is 3.10. The van der Waals surface area contributed by atoms with E-state index in [0.29, 0.717) is 13.2 Å². The normalized spacial score (nSPS) is 10.6. The molecule has 0 unspecified atom stereocenters. The van der Waals surface area contributed by atoms with E-state index in [0.717, 1.165) is 35.0 Å². The second-order valence-corrected chi connectivity index (χ2v) is 5.35. The minimum Gasteiger partial charge on any atom is -0.382 e. The molecule has 0 atom stereocenters. The first-order chi connectivity index (χ1) is 7.83. The summed E-state index contributed by atoms with van der Waals surface area (Å²) in [4.78, 5) is 0. The van der Waals surface area contributed by atoms with Gasteiger partial charge in [0.2, 0.25) is 5.13 Å². The van der Waals surface area contributed by atoms with Gasteiger partial charge in [-0.25, -0.2) is 0 Å². The maximum Gasteiger partial charge on any atom is 0.206 e. The van der Waals surface area contributed by atoms with Gasteiger partial charge in [0.1, 0.15) is 0 Å². The van der Waals surface area contributed by atoms with Gasteiger partial charge < -0.3 is 14.8 Å². The van der Waals surface area contributed by atoms with Crippen LogP contribution in [0.3, 0.4) is 0 Å². The summed E-state index contributed by atoms with van der Waals surface area (Å²) in [6, 6.07) is 0. The summed E-state index contributed by atoms with van der Waals surface area (Å²) < 4.78 is 11.0. The Morgan fingerprint density at radius 1 is 1.25 bits per heavy atom. The Hall–Kier alpha value is -0.240. The highest BCUT2D eigenvalue weighted by Crippen LogP contribution is 2.19. The zero-order chi connectivity index (χ0) is 11.6. The van der Waals surface area contributed by atoms with Crippen LogP contribution in [0.4, 0.5) is 5.13 Å². The molecule has 0 aromatic carbocycles. The molecule has 1 rings (SSSR count). The molecule has 0 amide bonds. The van der Waals surface area contributed by atoms with Crippen molar-refractivity contribution in [1.29, 1.82) is 0 Å². The molecule has 0 aliphatic carbocycles. The minimum atomic E-state index is 0.664. The number of nitrogens with one attached hydrogen (secondary N) is 1. The van der Waals surface area contributed by atoms with Crippen molar-refractivity contribution >= 4 is 32.4 Å². The Labute approximate surface area is 108 Å². The van der Waals surface area contributed by atoms with Crippen LogP contribution in [0.1, 0.15) is 12.8 Å². The molecule has 0 saturated carbocycles. The zero-order valence-electron chi connectivity index (χ0n) is 9.24. The van der Waals surface area contributed by atoms with Crippen LogP contribution in [-0.4, -0.2) is 43.7 Å². The molecule has 5 nitrogen and oxygen atoms in total. The van der Waals surface area contributed by atoms with Crippen LogP contribution in [-0.2, 0) is 9.47 Å². The molecule has 16 heavy (non-hydrogen) atoms. The summed E-state index contributed by atoms with van der Waals surface area (Å²) in [6.07, 6.45) is 2.10. The third-order valence-electron chi connectivity index (χ3n) is 1.82. The molecule has 0 bridgehead atoms. The highest BCUT2D eigenvalue weighted by Gasteiger charge is 1.99. The van der Waals surface area contributed by atoms with Gasteiger partial charge in [0.15, 0.2) is 3.92 Å². The van der Waals surface area contributed by atoms with Gasteiger partial charge in [0.25, 0.3) is 0 Å². The largest absolute Gasteiger partial charge is 0.382 e. The minimum absolute atomic E-state index is 0.664. The number of hydrogen-bond acceptors (Lipinski definition) is 6. The van der Waals surface area contributed by atoms with Crippen molar-refractivity contribution in [3.05, 3.63) is 3.92 Å². The highest BCUT2D eigenvalue weighted by molar-refractivity contribution is 9.11. The van der Waals surface area contributed by atoms with Crippen LogP contribution in [0.25, 0.3) is 0 Å². The number of halogens is 1. The van der Waals surface area contributed by atoms with E-state index >= 15 is 0 Å². The number of aromatic nitrogens is 2. The molecule has 0 saturated heterocycles. The topological polar surface area (TPSA) is 56.3 Å². The van der Waals surface area contributed by atoms with Crippen molar-refractivity contribution in [3.63, 3.8) is 0 Å². The molecular weight excluding hydrogens is 294 g/mol. The van der Waals surface area contributed by atoms with Gasteiger partial charge >= 0.3 is 0 Å². The molecule has 0 radical (unpaired) electrons. The van der Waals surface area contributed by atoms with Crippen molar-refractivity contribution in [2.75, 3.05) is 38.8 Å². The molecule has 0 fully saturated rings. The predicted molar refractivity (Wildman–Crippen MR) is 68.0 cm³/mol. The van der Waals surface area contributed by atoms with Gasteiger partial charge in [-0.15, -0.1) is 10.2 Å². The third kappa shape index (κ3) is 6.37. The van der Waals surface area contributed by atoms with E-state index in [1.807, 2.05) is 0 Å². The smallest absolute Gasteiger partial charge is 0.206 e. The zero-order valence-corrected chi connectivity index (χ0v) is 11.6. The van der Waals surface area contributed by atoms with Crippen LogP contribution in [0.15, 0.2) is 3.92 Å². The first-order valence-electron chi connectivity index (χ1n) is 5.12. The highest BCUT2D eigenvalue weighted by atomic mass is 79.9. The van der Waals surface area contributed by atoms with E-state index < -0.39 is 0 Å². The fourth-order valence-electron chi connectivity index (χ4n) is 1.05. The lowest BCUT2D eigenvalue weighted by Gasteiger charge is -2.03. The fraction of sp³-hybridized carbons (Fsp3) is 0.778. The van der Waals surface area contributed by atoms with E-state index in [-0.39, 0.29) is 0 Å². The van der Waals surface area contributed by atoms with Gasteiger partial charge in [0, 0.05) is 20.3 Å². The van der Waals surface area contributed by atoms with Crippen LogP contribution < -0.4 is 5.32 Å². The summed E-state index contributed by atoms with van der Waals surface area (Å²) in [5.41, 5.74) is 0. The Kier molecular flexibility index (Phi) is 7.65. The number of methoxy groups -OCH3 is 1. The van der Waals surface area contributed by atoms with Crippen molar-refractivity contribution < 1.29 is 9.47 Å². The standard InChI is InChI=1S/C9H16BrN3O2S/c1-14-6-7-15-5-3-2-4-11-9-13-12-8(10)16-9/h2-7H2,1H3,(H,11,13). The summed E-state index contributed by atoms with van der Waals surface area (Å²) in [5.74, 6) is 0. The van der Waals surface area contributed by atoms with E-state index in [1.165, 1.54) is 11.3 Å². The number of anilines is 1. The van der Waals surface area contributed by atoms with Gasteiger partial charge in [-0.1, -0.05) is 11.3 Å². The van der Waals surface area contributed by atoms with E-state index in [4.69, 9.17) is 9.47 Å². The van der Waals surface area contributed by atoms with Gasteiger partial charge in [-0.2, -0.15) is 0 Å². The molecule has 92 valence electrons. The maximum atomic E-state index is 5.34. The van der Waals surface area contributed by atoms with Crippen molar-refractivity contribution in [2.45, 2.75) is 12.8 Å². The number of hydrogen-bond donors (Lipinski definition) is 1. The lowest BCUT2D eigenvalue weighted by Crippen LogP contribution is -2.06. The molecule has 0 aliphatic rings. The van der Waals surface area contributed by atoms with Crippen molar-refractivity contribution in [2.24, 2.45) is 0 Å². The average molecular weight is 310 g/mol. The second kappa shape index (κ2) is 8.86. The fourth-order valence-corrected chi connectivity index (χ4v) is 2.08. The van der Waals surface area contributed by atoms with Crippen molar-refractivity contribution in [1.82, 2.24) is 10.2 Å². The lowest BCUT2D eigenvalue weighted by molar-refractivity contribution is 0.0691. The molecule has 1 aromatic heterocycles. The molecule has 7 heteroatoms. The monoisotopic (exact) mass is 309 g/mol. The van der Waals surface area contributed by atoms with E-state index in [1.54, 1.807) is 7.11 Å². The average Bonchev–Trinajstić information content (AvgIpc) is 2.68. The Balaban J connectivity index is 1.88. The van der Waals surface area contributed by atoms with Crippen LogP contribution in [0.5, 0.6) is 0 Å². The molecule has 0 aliphatic heterocycles. The van der Waals surface area contributed by atoms with E-state index in [9.17, 15) is 0 Å². The molecular formula is C9H16BrN3O2S. The molecule has 0 spiro atoms. The third-order valence-corrected chi connectivity index (χ3v) is 3.14. The van der Waals surface area contributed by atoms with E-state index in [2.05, 4.69) is 31.4 Å². The maximum absolute atomic E-state index is 5.34. The first kappa shape index (κ1) is 13.8. The lowest BCUT2D eigenvalue weighted by atomic mass is 10.3. The summed E-state index contributed by atoms with van der Waals surface area (Å²) in [6.45, 7) is 3.02. The Morgan fingerprint density at radius 2 is 2.12 bits per heavy atom. The molecule has 1 N–H and O–H groups in total. The van der Waals surface area contributed by atoms with Crippen LogP contribution in [0, 0.1) is 0 Å². The number of ether oxygens (including phenoxy) is 2. The predicted octanol–water partition coefficient (Wildman–Crippen LogP) is 2.16. The number of rotatable bonds is 9. The van der Waals surface area contributed by atoms with Crippen molar-refractivity contribution in [3.8, 4) is 0 Å². The molecule has 1 heterocycles. The quantitative estimate of drug-likeness (QED) is 0.708. The van der Waals surface area contributed by atoms with Crippen LogP contribution >= 0.6 is 27.3 Å². The SMILES string of the molecule is COCCOCCCCNc1nnc(Br)s1. The molecule has 1 aromatic rings. The number of unbranched alkanes of at least 4 members (excludes halogenated alkanes) is 1. The van der Waals surface area contributed by atoms with Gasteiger partial charge in [-0.05, 0) is 28.8 Å². The van der Waals surface area contributed by atoms with Gasteiger partial charge in [0.05, 0.1) is 13.2 Å².